The van der Waals surface area contributed by atoms with Crippen LogP contribution in [0.1, 0.15) is 0 Å². The fraction of sp³-hybridized carbons (Fsp3) is 0. The summed E-state index contributed by atoms with van der Waals surface area (Å²) >= 11 is 5.83. The van der Waals surface area contributed by atoms with Crippen LogP contribution in [0.5, 0.6) is 0 Å². The van der Waals surface area contributed by atoms with Gasteiger partial charge >= 0.3 is 0 Å². The minimum absolute atomic E-state index is 0.179. The molecule has 0 heterocycles. The normalized spacial score (nSPS) is 10.3. The maximum Gasteiger partial charge on any atom is 0.140 e. The molecule has 0 N–H and O–H groups in total. The fourth-order valence-electron chi connectivity index (χ4n) is 1.36. The van der Waals surface area contributed by atoms with Crippen molar-refractivity contribution >= 4 is 11.6 Å². The van der Waals surface area contributed by atoms with Crippen LogP contribution in [0.25, 0.3) is 11.1 Å². The van der Waals surface area contributed by atoms with Crippen LogP contribution in [0.2, 0.25) is 5.02 Å². The number of hydrogen-bond donors (Lipinski definition) is 0. The van der Waals surface area contributed by atoms with E-state index in [9.17, 15) is 8.78 Å². The van der Waals surface area contributed by atoms with Gasteiger partial charge in [-0.2, -0.15) is 0 Å². The van der Waals surface area contributed by atoms with Gasteiger partial charge < -0.3 is 0 Å². The molecule has 0 atom stereocenters. The standard InChI is InChI=1S/C12H6ClF2/c13-10-5-2-6-11(15)12(10)8-3-1-4-9(14)7-8/h1-5,7H. The summed E-state index contributed by atoms with van der Waals surface area (Å²) in [5, 5.41) is 0.247. The molecular weight excluding hydrogens is 218 g/mol. The molecule has 0 saturated carbocycles. The minimum Gasteiger partial charge on any atom is -0.207 e. The third kappa shape index (κ3) is 2.00. The fourth-order valence-corrected chi connectivity index (χ4v) is 1.61. The molecule has 0 aliphatic carbocycles. The van der Waals surface area contributed by atoms with Crippen molar-refractivity contribution in [1.82, 2.24) is 0 Å². The number of benzene rings is 2. The first kappa shape index (κ1) is 10.1. The average Bonchev–Trinajstić information content (AvgIpc) is 2.17. The summed E-state index contributed by atoms with van der Waals surface area (Å²) in [6, 6.07) is 10.9. The highest BCUT2D eigenvalue weighted by molar-refractivity contribution is 6.33. The van der Waals surface area contributed by atoms with Crippen LogP contribution in [0.15, 0.2) is 36.4 Å². The molecule has 0 bridgehead atoms. The molecule has 0 unspecified atom stereocenters. The van der Waals surface area contributed by atoms with Gasteiger partial charge in [-0.1, -0.05) is 23.7 Å². The van der Waals surface area contributed by atoms with Crippen LogP contribution in [0.4, 0.5) is 8.78 Å². The lowest BCUT2D eigenvalue weighted by molar-refractivity contribution is 0.624. The monoisotopic (exact) mass is 223 g/mol. The molecule has 0 aliphatic rings. The van der Waals surface area contributed by atoms with E-state index in [1.807, 2.05) is 0 Å². The summed E-state index contributed by atoms with van der Waals surface area (Å²) < 4.78 is 26.3. The molecule has 0 aliphatic heterocycles. The lowest BCUT2D eigenvalue weighted by atomic mass is 10.1. The first-order valence-corrected chi connectivity index (χ1v) is 4.68. The molecule has 0 saturated heterocycles. The van der Waals surface area contributed by atoms with Gasteiger partial charge in [0.05, 0.1) is 5.02 Å². The van der Waals surface area contributed by atoms with Gasteiger partial charge in [-0.25, -0.2) is 8.78 Å². The van der Waals surface area contributed by atoms with Crippen molar-refractivity contribution in [3.05, 3.63) is 59.1 Å². The zero-order valence-corrected chi connectivity index (χ0v) is 8.35. The highest BCUT2D eigenvalue weighted by Crippen LogP contribution is 2.30. The van der Waals surface area contributed by atoms with Gasteiger partial charge in [-0.15, -0.1) is 0 Å². The van der Waals surface area contributed by atoms with Gasteiger partial charge in [-0.3, -0.25) is 0 Å². The molecule has 0 fully saturated rings. The molecule has 2 aromatic rings. The summed E-state index contributed by atoms with van der Waals surface area (Å²) in [7, 11) is 0. The summed E-state index contributed by atoms with van der Waals surface area (Å²) in [6.45, 7) is 0. The summed E-state index contributed by atoms with van der Waals surface area (Å²) in [4.78, 5) is 0. The Balaban J connectivity index is 2.63. The zero-order valence-electron chi connectivity index (χ0n) is 7.60. The molecular formula is C12H6ClF2. The molecule has 0 amide bonds. The van der Waals surface area contributed by atoms with Crippen LogP contribution in [-0.2, 0) is 0 Å². The predicted octanol–water partition coefficient (Wildman–Crippen LogP) is 4.09. The Hall–Kier alpha value is -1.41. The molecule has 3 heteroatoms. The first-order chi connectivity index (χ1) is 7.18. The molecule has 0 aromatic heterocycles. The van der Waals surface area contributed by atoms with Crippen molar-refractivity contribution in [2.75, 3.05) is 0 Å². The molecule has 0 nitrogen and oxygen atoms in total. The van der Waals surface area contributed by atoms with Gasteiger partial charge in [0.2, 0.25) is 0 Å². The molecule has 0 spiro atoms. The van der Waals surface area contributed by atoms with Gasteiger partial charge in [0.25, 0.3) is 0 Å². The second kappa shape index (κ2) is 3.99. The predicted molar refractivity (Wildman–Crippen MR) is 55.6 cm³/mol. The molecule has 75 valence electrons. The summed E-state index contributed by atoms with van der Waals surface area (Å²) in [6.07, 6.45) is 0. The van der Waals surface area contributed by atoms with E-state index in [-0.39, 0.29) is 10.6 Å². The number of rotatable bonds is 1. The number of hydrogen-bond acceptors (Lipinski definition) is 0. The lowest BCUT2D eigenvalue weighted by Gasteiger charge is -2.05. The van der Waals surface area contributed by atoms with Crippen molar-refractivity contribution in [3.8, 4) is 11.1 Å². The Morgan fingerprint density at radius 1 is 1.13 bits per heavy atom. The topological polar surface area (TPSA) is 0 Å². The van der Waals surface area contributed by atoms with E-state index in [1.165, 1.54) is 30.3 Å². The highest BCUT2D eigenvalue weighted by Gasteiger charge is 2.09. The van der Waals surface area contributed by atoms with E-state index in [0.717, 1.165) is 0 Å². The quantitative estimate of drug-likeness (QED) is 0.683. The van der Waals surface area contributed by atoms with E-state index in [2.05, 4.69) is 6.07 Å². The zero-order chi connectivity index (χ0) is 10.8. The van der Waals surface area contributed by atoms with E-state index in [0.29, 0.717) is 5.56 Å². The van der Waals surface area contributed by atoms with E-state index in [1.54, 1.807) is 6.07 Å². The lowest BCUT2D eigenvalue weighted by Crippen LogP contribution is -1.86. The molecule has 15 heavy (non-hydrogen) atoms. The van der Waals surface area contributed by atoms with Crippen LogP contribution in [0.3, 0.4) is 0 Å². The summed E-state index contributed by atoms with van der Waals surface area (Å²) in [5.74, 6) is -1.00. The van der Waals surface area contributed by atoms with Crippen molar-refractivity contribution in [3.63, 3.8) is 0 Å². The smallest absolute Gasteiger partial charge is 0.140 e. The third-order valence-electron chi connectivity index (χ3n) is 2.01. The maximum absolute atomic E-state index is 13.4. The van der Waals surface area contributed by atoms with Gasteiger partial charge in [0.1, 0.15) is 11.6 Å². The van der Waals surface area contributed by atoms with Crippen LogP contribution >= 0.6 is 11.6 Å². The van der Waals surface area contributed by atoms with Crippen molar-refractivity contribution < 1.29 is 8.78 Å². The van der Waals surface area contributed by atoms with Crippen molar-refractivity contribution in [2.24, 2.45) is 0 Å². The number of halogens is 3. The minimum atomic E-state index is -0.576. The van der Waals surface area contributed by atoms with Crippen LogP contribution in [0, 0.1) is 17.7 Å². The first-order valence-electron chi connectivity index (χ1n) is 4.30. The SMILES string of the molecule is Fc1cccc(-c2c(F)[c]ccc2Cl)c1. The second-order valence-electron chi connectivity index (χ2n) is 3.02. The van der Waals surface area contributed by atoms with Gasteiger partial charge in [0.15, 0.2) is 0 Å². The van der Waals surface area contributed by atoms with Crippen LogP contribution < -0.4 is 0 Å². The second-order valence-corrected chi connectivity index (χ2v) is 3.43. The van der Waals surface area contributed by atoms with Crippen molar-refractivity contribution in [1.29, 1.82) is 0 Å². The molecule has 2 aromatic carbocycles. The molecule has 2 rings (SSSR count). The van der Waals surface area contributed by atoms with E-state index < -0.39 is 11.6 Å². The third-order valence-corrected chi connectivity index (χ3v) is 2.33. The van der Waals surface area contributed by atoms with Crippen molar-refractivity contribution in [2.45, 2.75) is 0 Å². The Kier molecular flexibility index (Phi) is 2.69. The van der Waals surface area contributed by atoms with Gasteiger partial charge in [-0.05, 0) is 29.8 Å². The Labute approximate surface area is 91.1 Å². The van der Waals surface area contributed by atoms with Crippen LogP contribution in [-0.4, -0.2) is 0 Å². The Bertz CT molecular complexity index is 474. The highest BCUT2D eigenvalue weighted by atomic mass is 35.5. The molecule has 1 radical (unpaired) electrons. The van der Waals surface area contributed by atoms with E-state index in [4.69, 9.17) is 11.6 Å². The Morgan fingerprint density at radius 3 is 2.60 bits per heavy atom. The largest absolute Gasteiger partial charge is 0.207 e. The van der Waals surface area contributed by atoms with Gasteiger partial charge in [0, 0.05) is 11.6 Å². The Morgan fingerprint density at radius 2 is 1.93 bits per heavy atom. The summed E-state index contributed by atoms with van der Waals surface area (Å²) in [5.41, 5.74) is 0.591. The van der Waals surface area contributed by atoms with E-state index >= 15 is 0 Å². The average molecular weight is 224 g/mol. The maximum atomic E-state index is 13.4.